The van der Waals surface area contributed by atoms with Crippen molar-refractivity contribution < 1.29 is 9.59 Å². The summed E-state index contributed by atoms with van der Waals surface area (Å²) in [4.78, 5) is 22.6. The van der Waals surface area contributed by atoms with Gasteiger partial charge in [-0.3, -0.25) is 14.9 Å². The Hall–Kier alpha value is -2.15. The molecular formula is C13H12N2O2. The topological polar surface area (TPSA) is 70.0 Å². The number of carbonyl (C=O) groups excluding carboxylic acids is 2. The molecule has 2 rings (SSSR count). The molecule has 0 aliphatic carbocycles. The van der Waals surface area contributed by atoms with Crippen LogP contribution >= 0.6 is 0 Å². The maximum Gasteiger partial charge on any atom is 0.230 e. The number of benzene rings is 1. The molecule has 1 aliphatic rings. The first-order valence-corrected chi connectivity index (χ1v) is 5.52. The summed E-state index contributed by atoms with van der Waals surface area (Å²) in [5.41, 5.74) is 1.55. The number of nitrogens with zero attached hydrogens (tertiary/aromatic N) is 1. The lowest BCUT2D eigenvalue weighted by Gasteiger charge is -2.20. The normalized spacial score (nSPS) is 19.6. The van der Waals surface area contributed by atoms with Crippen molar-refractivity contribution in [1.82, 2.24) is 5.32 Å². The van der Waals surface area contributed by atoms with Crippen LogP contribution in [0, 0.1) is 17.2 Å². The van der Waals surface area contributed by atoms with Gasteiger partial charge >= 0.3 is 0 Å². The second-order valence-electron chi connectivity index (χ2n) is 4.16. The number of imide groups is 1. The molecule has 86 valence electrons. The van der Waals surface area contributed by atoms with Crippen LogP contribution in [-0.2, 0) is 16.0 Å². The van der Waals surface area contributed by atoms with Crippen LogP contribution in [0.4, 0.5) is 0 Å². The monoisotopic (exact) mass is 228 g/mol. The summed E-state index contributed by atoms with van der Waals surface area (Å²) in [7, 11) is 0. The average Bonchev–Trinajstić information content (AvgIpc) is 2.33. The van der Waals surface area contributed by atoms with E-state index in [-0.39, 0.29) is 17.7 Å². The fourth-order valence-corrected chi connectivity index (χ4v) is 1.99. The molecule has 0 aromatic heterocycles. The van der Waals surface area contributed by atoms with Crippen molar-refractivity contribution in [3.63, 3.8) is 0 Å². The maximum atomic E-state index is 11.6. The second-order valence-corrected chi connectivity index (χ2v) is 4.16. The average molecular weight is 228 g/mol. The van der Waals surface area contributed by atoms with Crippen molar-refractivity contribution in [3.05, 3.63) is 35.4 Å². The summed E-state index contributed by atoms with van der Waals surface area (Å²) in [6.07, 6.45) is 1.56. The van der Waals surface area contributed by atoms with Gasteiger partial charge in [-0.1, -0.05) is 12.1 Å². The Labute approximate surface area is 99.2 Å². The SMILES string of the molecule is N#Cc1cccc(CC2CCC(=O)NC2=O)c1. The Morgan fingerprint density at radius 1 is 1.41 bits per heavy atom. The molecule has 2 amide bonds. The van der Waals surface area contributed by atoms with Crippen molar-refractivity contribution in [2.24, 2.45) is 5.92 Å². The minimum Gasteiger partial charge on any atom is -0.296 e. The standard InChI is InChI=1S/C13H12N2O2/c14-8-10-3-1-2-9(6-10)7-11-4-5-12(16)15-13(11)17/h1-3,6,11H,4-5,7H2,(H,15,16,17). The lowest BCUT2D eigenvalue weighted by atomic mass is 9.91. The molecule has 1 unspecified atom stereocenters. The van der Waals surface area contributed by atoms with Gasteiger partial charge in [-0.15, -0.1) is 0 Å². The molecule has 0 bridgehead atoms. The van der Waals surface area contributed by atoms with Gasteiger partial charge in [-0.05, 0) is 30.5 Å². The van der Waals surface area contributed by atoms with E-state index < -0.39 is 0 Å². The molecule has 1 aromatic rings. The van der Waals surface area contributed by atoms with Crippen LogP contribution in [0.3, 0.4) is 0 Å². The molecule has 0 saturated carbocycles. The number of hydrogen-bond acceptors (Lipinski definition) is 3. The van der Waals surface area contributed by atoms with Crippen LogP contribution in [-0.4, -0.2) is 11.8 Å². The predicted octanol–water partition coefficient (Wildman–Crippen LogP) is 1.15. The first-order valence-electron chi connectivity index (χ1n) is 5.52. The third-order valence-corrected chi connectivity index (χ3v) is 2.89. The van der Waals surface area contributed by atoms with E-state index in [0.29, 0.717) is 24.8 Å². The third kappa shape index (κ3) is 2.70. The highest BCUT2D eigenvalue weighted by Crippen LogP contribution is 2.18. The summed E-state index contributed by atoms with van der Waals surface area (Å²) in [5.74, 6) is -0.567. The van der Waals surface area contributed by atoms with Crippen molar-refractivity contribution in [2.45, 2.75) is 19.3 Å². The molecule has 1 fully saturated rings. The lowest BCUT2D eigenvalue weighted by Crippen LogP contribution is -2.41. The van der Waals surface area contributed by atoms with E-state index in [2.05, 4.69) is 11.4 Å². The fourth-order valence-electron chi connectivity index (χ4n) is 1.99. The van der Waals surface area contributed by atoms with Crippen LogP contribution in [0.1, 0.15) is 24.0 Å². The van der Waals surface area contributed by atoms with Crippen LogP contribution in [0.25, 0.3) is 0 Å². The highest BCUT2D eigenvalue weighted by molar-refractivity contribution is 5.98. The largest absolute Gasteiger partial charge is 0.296 e. The van der Waals surface area contributed by atoms with E-state index in [1.54, 1.807) is 18.2 Å². The zero-order chi connectivity index (χ0) is 12.3. The second kappa shape index (κ2) is 4.79. The zero-order valence-electron chi connectivity index (χ0n) is 9.27. The molecule has 1 atom stereocenters. The van der Waals surface area contributed by atoms with Crippen LogP contribution < -0.4 is 5.32 Å². The number of hydrogen-bond donors (Lipinski definition) is 1. The quantitative estimate of drug-likeness (QED) is 0.772. The van der Waals surface area contributed by atoms with Crippen LogP contribution in [0.5, 0.6) is 0 Å². The first-order chi connectivity index (χ1) is 8.19. The summed E-state index contributed by atoms with van der Waals surface area (Å²) in [5, 5.41) is 11.1. The molecule has 1 saturated heterocycles. The molecule has 1 aromatic carbocycles. The molecule has 4 heteroatoms. The van der Waals surface area contributed by atoms with E-state index in [0.717, 1.165) is 5.56 Å². The predicted molar refractivity (Wildman–Crippen MR) is 60.7 cm³/mol. The molecule has 1 N–H and O–H groups in total. The third-order valence-electron chi connectivity index (χ3n) is 2.89. The number of piperidine rings is 1. The van der Waals surface area contributed by atoms with Crippen LogP contribution in [0.15, 0.2) is 24.3 Å². The Kier molecular flexibility index (Phi) is 3.20. The van der Waals surface area contributed by atoms with Crippen LogP contribution in [0.2, 0.25) is 0 Å². The minimum atomic E-state index is -0.205. The highest BCUT2D eigenvalue weighted by Gasteiger charge is 2.26. The fraction of sp³-hybridized carbons (Fsp3) is 0.308. The van der Waals surface area contributed by atoms with Gasteiger partial charge in [0.05, 0.1) is 11.6 Å². The van der Waals surface area contributed by atoms with Gasteiger partial charge in [-0.25, -0.2) is 0 Å². The number of amides is 2. The minimum absolute atomic E-state index is 0.165. The van der Waals surface area contributed by atoms with E-state index in [1.165, 1.54) is 0 Å². The van der Waals surface area contributed by atoms with Crippen molar-refractivity contribution in [3.8, 4) is 6.07 Å². The smallest absolute Gasteiger partial charge is 0.230 e. The van der Waals surface area contributed by atoms with E-state index in [4.69, 9.17) is 5.26 Å². The Bertz CT molecular complexity index is 502. The summed E-state index contributed by atoms with van der Waals surface area (Å²) in [6.45, 7) is 0. The maximum absolute atomic E-state index is 11.6. The van der Waals surface area contributed by atoms with Gasteiger partial charge in [-0.2, -0.15) is 5.26 Å². The van der Waals surface area contributed by atoms with E-state index in [1.807, 2.05) is 6.07 Å². The van der Waals surface area contributed by atoms with Gasteiger partial charge in [0.2, 0.25) is 11.8 Å². The number of carbonyl (C=O) groups is 2. The van der Waals surface area contributed by atoms with Gasteiger partial charge in [0.15, 0.2) is 0 Å². The summed E-state index contributed by atoms with van der Waals surface area (Å²) in [6, 6.07) is 9.28. The van der Waals surface area contributed by atoms with E-state index >= 15 is 0 Å². The number of nitrogens with one attached hydrogen (secondary N) is 1. The molecular weight excluding hydrogens is 216 g/mol. The lowest BCUT2D eigenvalue weighted by molar-refractivity contribution is -0.136. The molecule has 1 aliphatic heterocycles. The molecule has 0 spiro atoms. The molecule has 1 heterocycles. The van der Waals surface area contributed by atoms with Gasteiger partial charge in [0.1, 0.15) is 0 Å². The molecule has 0 radical (unpaired) electrons. The van der Waals surface area contributed by atoms with Crippen molar-refractivity contribution in [1.29, 1.82) is 5.26 Å². The Balaban J connectivity index is 2.08. The Morgan fingerprint density at radius 2 is 2.24 bits per heavy atom. The summed E-state index contributed by atoms with van der Waals surface area (Å²) >= 11 is 0. The molecule has 4 nitrogen and oxygen atoms in total. The van der Waals surface area contributed by atoms with Gasteiger partial charge in [0, 0.05) is 12.3 Å². The number of nitriles is 1. The highest BCUT2D eigenvalue weighted by atomic mass is 16.2. The van der Waals surface area contributed by atoms with Gasteiger partial charge < -0.3 is 0 Å². The number of rotatable bonds is 2. The molecule has 17 heavy (non-hydrogen) atoms. The van der Waals surface area contributed by atoms with Crippen molar-refractivity contribution in [2.75, 3.05) is 0 Å². The zero-order valence-corrected chi connectivity index (χ0v) is 9.27. The van der Waals surface area contributed by atoms with E-state index in [9.17, 15) is 9.59 Å². The summed E-state index contributed by atoms with van der Waals surface area (Å²) < 4.78 is 0. The van der Waals surface area contributed by atoms with Gasteiger partial charge in [0.25, 0.3) is 0 Å². The van der Waals surface area contributed by atoms with Crippen molar-refractivity contribution >= 4 is 11.8 Å². The Morgan fingerprint density at radius 3 is 2.94 bits per heavy atom. The first kappa shape index (κ1) is 11.3.